The molecule has 2 heterocycles. The molecule has 0 radical (unpaired) electrons. The van der Waals surface area contributed by atoms with Crippen LogP contribution in [-0.4, -0.2) is 51.7 Å². The average molecular weight is 468 g/mol. The third kappa shape index (κ3) is 7.33. The van der Waals surface area contributed by atoms with E-state index in [-0.39, 0.29) is 24.9 Å². The van der Waals surface area contributed by atoms with Crippen LogP contribution in [-0.2, 0) is 15.7 Å². The number of benzene rings is 1. The summed E-state index contributed by atoms with van der Waals surface area (Å²) in [6.07, 6.45) is -6.36. The third-order valence-corrected chi connectivity index (χ3v) is 6.32. The molecule has 2 saturated heterocycles. The Morgan fingerprint density at radius 1 is 0.750 bits per heavy atom. The molecule has 10 heteroatoms. The fourth-order valence-electron chi connectivity index (χ4n) is 4.42. The molecule has 1 aromatic carbocycles. The van der Waals surface area contributed by atoms with Crippen molar-refractivity contribution in [3.8, 4) is 0 Å². The van der Waals surface area contributed by atoms with Crippen molar-refractivity contribution in [1.82, 2.24) is 10.6 Å². The number of alkyl halides is 6. The molecule has 32 heavy (non-hydrogen) atoms. The van der Waals surface area contributed by atoms with Crippen LogP contribution in [0.2, 0.25) is 0 Å². The maximum atomic E-state index is 12.5. The van der Waals surface area contributed by atoms with Gasteiger partial charge in [-0.05, 0) is 49.3 Å². The van der Waals surface area contributed by atoms with Crippen LogP contribution >= 0.6 is 0 Å². The van der Waals surface area contributed by atoms with E-state index in [0.29, 0.717) is 45.2 Å². The van der Waals surface area contributed by atoms with Gasteiger partial charge in [-0.2, -0.15) is 26.3 Å². The zero-order valence-electron chi connectivity index (χ0n) is 17.8. The Bertz CT molecular complexity index is 675. The molecule has 2 atom stereocenters. The molecule has 0 bridgehead atoms. The van der Waals surface area contributed by atoms with Gasteiger partial charge in [0, 0.05) is 19.1 Å². The topological polar surface area (TPSA) is 42.5 Å². The minimum atomic E-state index is -4.27. The van der Waals surface area contributed by atoms with Gasteiger partial charge in [0.2, 0.25) is 0 Å². The molecule has 0 aromatic heterocycles. The van der Waals surface area contributed by atoms with Crippen molar-refractivity contribution >= 4 is 0 Å². The van der Waals surface area contributed by atoms with Gasteiger partial charge in [-0.3, -0.25) is 0 Å². The Kier molecular flexibility index (Phi) is 8.82. The molecule has 3 fully saturated rings. The molecule has 2 N–H and O–H groups in total. The summed E-state index contributed by atoms with van der Waals surface area (Å²) in [5, 5.41) is 6.52. The summed E-state index contributed by atoms with van der Waals surface area (Å²) in [5.74, 6) is -0.716. The van der Waals surface area contributed by atoms with Gasteiger partial charge in [0.15, 0.2) is 0 Å². The lowest BCUT2D eigenvalue weighted by Crippen LogP contribution is -2.47. The molecular weight excluding hydrogens is 438 g/mol. The van der Waals surface area contributed by atoms with Crippen LogP contribution in [0.15, 0.2) is 24.3 Å². The van der Waals surface area contributed by atoms with Crippen LogP contribution in [0.25, 0.3) is 0 Å². The first-order chi connectivity index (χ1) is 15.1. The minimum Gasteiger partial charge on any atom is -0.379 e. The Balaban J connectivity index is 0.000000181. The second-order valence-corrected chi connectivity index (χ2v) is 8.49. The van der Waals surface area contributed by atoms with E-state index in [0.717, 1.165) is 30.8 Å². The maximum absolute atomic E-state index is 12.5. The van der Waals surface area contributed by atoms with Crippen LogP contribution in [0.1, 0.15) is 42.9 Å². The maximum Gasteiger partial charge on any atom is 0.416 e. The van der Waals surface area contributed by atoms with E-state index in [4.69, 9.17) is 9.47 Å². The molecule has 4 nitrogen and oxygen atoms in total. The van der Waals surface area contributed by atoms with Gasteiger partial charge in [-0.25, -0.2) is 0 Å². The van der Waals surface area contributed by atoms with E-state index in [1.54, 1.807) is 0 Å². The highest BCUT2D eigenvalue weighted by Gasteiger charge is 2.42. The van der Waals surface area contributed by atoms with Gasteiger partial charge in [0.25, 0.3) is 0 Å². The number of morpholine rings is 2. The molecule has 1 aromatic rings. The lowest BCUT2D eigenvalue weighted by atomic mass is 9.78. The standard InChI is InChI=1S/C11H18F3NO.C11H12F3NO/c2*12-11(13,14)9-3-1-8(2-4-9)10-7-16-6-5-15-10/h8-10,15H,1-7H2;1-4,10,15H,5-7H2/t8?,9?,10-;10-/m11/s1. The molecular formula is C22H30F6N2O2. The smallest absolute Gasteiger partial charge is 0.379 e. The number of hydrogen-bond acceptors (Lipinski definition) is 4. The fraction of sp³-hybridized carbons (Fsp3) is 0.727. The van der Waals surface area contributed by atoms with Crippen LogP contribution in [0.4, 0.5) is 26.3 Å². The number of rotatable bonds is 2. The van der Waals surface area contributed by atoms with Crippen LogP contribution in [0.3, 0.4) is 0 Å². The minimum absolute atomic E-state index is 0.00367. The molecule has 0 unspecified atom stereocenters. The monoisotopic (exact) mass is 468 g/mol. The van der Waals surface area contributed by atoms with Crippen molar-refractivity contribution in [2.24, 2.45) is 11.8 Å². The molecule has 3 aliphatic rings. The number of halogens is 6. The Labute approximate surface area is 184 Å². The predicted octanol–water partition coefficient (Wildman–Crippen LogP) is 4.71. The third-order valence-electron chi connectivity index (χ3n) is 6.32. The summed E-state index contributed by atoms with van der Waals surface area (Å²) in [6.45, 7) is 4.08. The fourth-order valence-corrected chi connectivity index (χ4v) is 4.42. The first-order valence-corrected chi connectivity index (χ1v) is 11.0. The van der Waals surface area contributed by atoms with Gasteiger partial charge in [-0.1, -0.05) is 12.1 Å². The normalized spacial score (nSPS) is 29.7. The molecule has 182 valence electrons. The molecule has 2 aliphatic heterocycles. The highest BCUT2D eigenvalue weighted by molar-refractivity contribution is 5.27. The van der Waals surface area contributed by atoms with Crippen LogP contribution < -0.4 is 10.6 Å². The second kappa shape index (κ2) is 11.2. The van der Waals surface area contributed by atoms with E-state index >= 15 is 0 Å². The largest absolute Gasteiger partial charge is 0.416 e. The Morgan fingerprint density at radius 3 is 1.81 bits per heavy atom. The van der Waals surface area contributed by atoms with Crippen LogP contribution in [0, 0.1) is 11.8 Å². The predicted molar refractivity (Wildman–Crippen MR) is 107 cm³/mol. The summed E-state index contributed by atoms with van der Waals surface area (Å²) in [4.78, 5) is 0. The Morgan fingerprint density at radius 2 is 1.34 bits per heavy atom. The van der Waals surface area contributed by atoms with Gasteiger partial charge in [-0.15, -0.1) is 0 Å². The molecule has 4 rings (SSSR count). The van der Waals surface area contributed by atoms with E-state index in [2.05, 4.69) is 10.6 Å². The van der Waals surface area contributed by atoms with Crippen molar-refractivity contribution in [3.63, 3.8) is 0 Å². The SMILES string of the molecule is FC(F)(F)C1CCC([C@H]2COCCN2)CC1.FC(F)(F)c1ccc([C@H]2COCCN2)cc1. The van der Waals surface area contributed by atoms with Gasteiger partial charge in [0.1, 0.15) is 0 Å². The van der Waals surface area contributed by atoms with Gasteiger partial charge >= 0.3 is 12.4 Å². The summed E-state index contributed by atoms with van der Waals surface area (Å²) < 4.78 is 85.0. The average Bonchev–Trinajstić information content (AvgIpc) is 2.80. The van der Waals surface area contributed by atoms with E-state index in [1.165, 1.54) is 12.1 Å². The number of nitrogens with one attached hydrogen (secondary N) is 2. The summed E-state index contributed by atoms with van der Waals surface area (Å²) in [6, 6.07) is 5.46. The van der Waals surface area contributed by atoms with Crippen molar-refractivity contribution < 1.29 is 35.8 Å². The quantitative estimate of drug-likeness (QED) is 0.617. The summed E-state index contributed by atoms with van der Waals surface area (Å²) in [5.41, 5.74) is 0.209. The molecule has 1 aliphatic carbocycles. The highest BCUT2D eigenvalue weighted by Crippen LogP contribution is 2.40. The van der Waals surface area contributed by atoms with E-state index in [1.807, 2.05) is 0 Å². The summed E-state index contributed by atoms with van der Waals surface area (Å²) >= 11 is 0. The molecule has 0 amide bonds. The second-order valence-electron chi connectivity index (χ2n) is 8.49. The number of ether oxygens (including phenoxy) is 2. The lowest BCUT2D eigenvalue weighted by molar-refractivity contribution is -0.184. The van der Waals surface area contributed by atoms with Gasteiger partial charge in [0.05, 0.1) is 44.0 Å². The zero-order valence-corrected chi connectivity index (χ0v) is 17.8. The van der Waals surface area contributed by atoms with Crippen LogP contribution in [0.5, 0.6) is 0 Å². The molecule has 1 saturated carbocycles. The van der Waals surface area contributed by atoms with Crippen molar-refractivity contribution in [2.75, 3.05) is 39.5 Å². The zero-order chi connectivity index (χ0) is 23.2. The first kappa shape index (κ1) is 25.3. The van der Waals surface area contributed by atoms with Crippen molar-refractivity contribution in [2.45, 2.75) is 50.1 Å². The first-order valence-electron chi connectivity index (χ1n) is 11.0. The van der Waals surface area contributed by atoms with Crippen molar-refractivity contribution in [1.29, 1.82) is 0 Å². The number of hydrogen-bond donors (Lipinski definition) is 2. The van der Waals surface area contributed by atoms with Gasteiger partial charge < -0.3 is 20.1 Å². The van der Waals surface area contributed by atoms with Crippen molar-refractivity contribution in [3.05, 3.63) is 35.4 Å². The van der Waals surface area contributed by atoms with E-state index < -0.39 is 23.8 Å². The summed E-state index contributed by atoms with van der Waals surface area (Å²) in [7, 11) is 0. The molecule has 0 spiro atoms. The lowest BCUT2D eigenvalue weighted by Gasteiger charge is -2.36. The van der Waals surface area contributed by atoms with E-state index in [9.17, 15) is 26.3 Å². The Hall–Kier alpha value is -1.36. The highest BCUT2D eigenvalue weighted by atomic mass is 19.4.